The standard InChI is InChI=1S/C24H36N6O4S/c1-6-11-30-20-17-25-28(5)22(20)24(34-8-3)26-23(30)19-16-18(9-10-21(19)33-7-2)35(31,32)29-14-12-27(4)13-15-29/h9-10,16-17,25H,6-8,11-15H2,1-5H3. The van der Waals surface area contributed by atoms with Gasteiger partial charge in [0.1, 0.15) is 17.3 Å². The van der Waals surface area contributed by atoms with Crippen LogP contribution in [0.4, 0.5) is 0 Å². The molecule has 0 aliphatic carbocycles. The second-order valence-corrected chi connectivity index (χ2v) is 10.6. The van der Waals surface area contributed by atoms with Crippen LogP contribution in [0.3, 0.4) is 0 Å². The lowest BCUT2D eigenvalue weighted by molar-refractivity contribution is 0.204. The van der Waals surface area contributed by atoms with Gasteiger partial charge in [-0.3, -0.25) is 5.01 Å². The first-order valence-corrected chi connectivity index (χ1v) is 13.6. The molecule has 1 fully saturated rings. The molecule has 0 saturated carbocycles. The van der Waals surface area contributed by atoms with Crippen molar-refractivity contribution in [3.05, 3.63) is 47.2 Å². The Morgan fingerprint density at radius 2 is 1.74 bits per heavy atom. The third-order valence-electron chi connectivity index (χ3n) is 6.25. The van der Waals surface area contributed by atoms with Crippen LogP contribution in [-0.4, -0.2) is 93.4 Å². The lowest BCUT2D eigenvalue weighted by atomic mass is 10.1. The van der Waals surface area contributed by atoms with Crippen LogP contribution < -0.4 is 10.2 Å². The molecule has 0 unspecified atom stereocenters. The van der Waals surface area contributed by atoms with E-state index in [0.29, 0.717) is 69.0 Å². The molecule has 0 bridgehead atoms. The first-order chi connectivity index (χ1) is 16.8. The molecule has 0 aromatic heterocycles. The van der Waals surface area contributed by atoms with E-state index in [2.05, 4.69) is 22.1 Å². The van der Waals surface area contributed by atoms with Crippen LogP contribution in [-0.2, 0) is 14.8 Å². The fourth-order valence-corrected chi connectivity index (χ4v) is 5.89. The van der Waals surface area contributed by atoms with Crippen LogP contribution in [0.2, 0.25) is 0 Å². The summed E-state index contributed by atoms with van der Waals surface area (Å²) in [4.78, 5) is 9.37. The van der Waals surface area contributed by atoms with E-state index >= 15 is 0 Å². The predicted molar refractivity (Wildman–Crippen MR) is 135 cm³/mol. The molecule has 3 heterocycles. The number of piperazine rings is 1. The quantitative estimate of drug-likeness (QED) is 0.546. The molecule has 192 valence electrons. The van der Waals surface area contributed by atoms with Crippen molar-refractivity contribution < 1.29 is 17.9 Å². The van der Waals surface area contributed by atoms with Gasteiger partial charge in [0, 0.05) is 46.0 Å². The van der Waals surface area contributed by atoms with E-state index in [1.165, 1.54) is 0 Å². The van der Waals surface area contributed by atoms with Crippen LogP contribution in [0, 0.1) is 0 Å². The first kappa shape index (κ1) is 25.3. The Balaban J connectivity index is 1.84. The number of hydrazine groups is 1. The predicted octanol–water partition coefficient (Wildman–Crippen LogP) is 1.99. The number of hydrogen-bond acceptors (Lipinski definition) is 9. The summed E-state index contributed by atoms with van der Waals surface area (Å²) in [6.45, 7) is 9.89. The van der Waals surface area contributed by atoms with Crippen LogP contribution in [0.5, 0.6) is 5.75 Å². The van der Waals surface area contributed by atoms with Gasteiger partial charge < -0.3 is 24.7 Å². The molecule has 1 saturated heterocycles. The number of rotatable bonds is 9. The summed E-state index contributed by atoms with van der Waals surface area (Å²) < 4.78 is 40.5. The maximum absolute atomic E-state index is 13.5. The summed E-state index contributed by atoms with van der Waals surface area (Å²) in [5.41, 5.74) is 5.62. The smallest absolute Gasteiger partial charge is 0.243 e. The van der Waals surface area contributed by atoms with E-state index in [1.807, 2.05) is 39.2 Å². The Hall–Kier alpha value is -2.76. The highest BCUT2D eigenvalue weighted by atomic mass is 32.2. The van der Waals surface area contributed by atoms with Gasteiger partial charge in [-0.05, 0) is 45.5 Å². The number of nitrogens with zero attached hydrogens (tertiary/aromatic N) is 5. The highest BCUT2D eigenvalue weighted by Gasteiger charge is 2.36. The molecule has 1 N–H and O–H groups in total. The van der Waals surface area contributed by atoms with Gasteiger partial charge in [-0.1, -0.05) is 6.92 Å². The lowest BCUT2D eigenvalue weighted by Gasteiger charge is -2.34. The number of hydrogen-bond donors (Lipinski definition) is 1. The Bertz CT molecular complexity index is 1140. The molecule has 1 aromatic rings. The number of likely N-dealkylation sites (N-methyl/N-ethyl adjacent to an activating group) is 2. The maximum atomic E-state index is 13.5. The largest absolute Gasteiger partial charge is 0.493 e. The zero-order valence-electron chi connectivity index (χ0n) is 21.2. The Morgan fingerprint density at radius 1 is 1.03 bits per heavy atom. The number of amidine groups is 1. The van der Waals surface area contributed by atoms with Crippen molar-refractivity contribution in [3.63, 3.8) is 0 Å². The third-order valence-corrected chi connectivity index (χ3v) is 8.14. The molecule has 0 radical (unpaired) electrons. The van der Waals surface area contributed by atoms with Crippen molar-refractivity contribution in [2.45, 2.75) is 32.1 Å². The summed E-state index contributed by atoms with van der Waals surface area (Å²) >= 11 is 0. The topological polar surface area (TPSA) is 89.9 Å². The average molecular weight is 505 g/mol. The van der Waals surface area contributed by atoms with Gasteiger partial charge in [-0.25, -0.2) is 8.42 Å². The van der Waals surface area contributed by atoms with E-state index in [-0.39, 0.29) is 4.90 Å². The van der Waals surface area contributed by atoms with Gasteiger partial charge in [0.15, 0.2) is 0 Å². The van der Waals surface area contributed by atoms with Crippen molar-refractivity contribution in [1.82, 2.24) is 24.5 Å². The molecule has 1 aromatic carbocycles. The second-order valence-electron chi connectivity index (χ2n) is 8.69. The Morgan fingerprint density at radius 3 is 2.40 bits per heavy atom. The van der Waals surface area contributed by atoms with E-state index in [0.717, 1.165) is 17.8 Å². The summed E-state index contributed by atoms with van der Waals surface area (Å²) in [5.74, 6) is 1.69. The van der Waals surface area contributed by atoms with Crippen molar-refractivity contribution in [2.75, 3.05) is 60.0 Å². The van der Waals surface area contributed by atoms with Gasteiger partial charge in [0.25, 0.3) is 0 Å². The van der Waals surface area contributed by atoms with Crippen molar-refractivity contribution in [3.8, 4) is 5.75 Å². The summed E-state index contributed by atoms with van der Waals surface area (Å²) in [5, 5.41) is 1.88. The minimum atomic E-state index is -3.66. The van der Waals surface area contributed by atoms with Gasteiger partial charge in [0.05, 0.1) is 29.4 Å². The number of fused-ring (bicyclic) bond motifs is 1. The third kappa shape index (κ3) is 4.85. The van der Waals surface area contributed by atoms with Crippen molar-refractivity contribution in [2.24, 2.45) is 4.99 Å². The maximum Gasteiger partial charge on any atom is 0.243 e. The van der Waals surface area contributed by atoms with E-state index in [1.54, 1.807) is 22.5 Å². The lowest BCUT2D eigenvalue weighted by Crippen LogP contribution is -2.47. The summed E-state index contributed by atoms with van der Waals surface area (Å²) in [6, 6.07) is 5.06. The van der Waals surface area contributed by atoms with E-state index < -0.39 is 10.0 Å². The Labute approximate surface area is 208 Å². The number of benzene rings is 1. The molecule has 4 rings (SSSR count). The van der Waals surface area contributed by atoms with Gasteiger partial charge >= 0.3 is 0 Å². The normalized spacial score (nSPS) is 19.3. The highest BCUT2D eigenvalue weighted by Crippen LogP contribution is 2.36. The average Bonchev–Trinajstić information content (AvgIpc) is 3.23. The number of sulfonamides is 1. The van der Waals surface area contributed by atoms with Crippen molar-refractivity contribution >= 4 is 15.9 Å². The minimum absolute atomic E-state index is 0.239. The molecule has 0 atom stereocenters. The fourth-order valence-electron chi connectivity index (χ4n) is 4.44. The van der Waals surface area contributed by atoms with Gasteiger partial charge in [0.2, 0.25) is 15.9 Å². The first-order valence-electron chi connectivity index (χ1n) is 12.2. The summed E-state index contributed by atoms with van der Waals surface area (Å²) in [7, 11) is 0.259. The summed E-state index contributed by atoms with van der Waals surface area (Å²) in [6.07, 6.45) is 2.80. The minimum Gasteiger partial charge on any atom is -0.493 e. The fraction of sp³-hybridized carbons (Fsp3) is 0.542. The molecular formula is C24H36N6O4S. The molecule has 0 spiro atoms. The van der Waals surface area contributed by atoms with Gasteiger partial charge in [-0.15, -0.1) is 0 Å². The molecule has 0 amide bonds. The molecule has 11 heteroatoms. The Kier molecular flexibility index (Phi) is 7.58. The van der Waals surface area contributed by atoms with Crippen molar-refractivity contribution in [1.29, 1.82) is 0 Å². The van der Waals surface area contributed by atoms with E-state index in [9.17, 15) is 8.42 Å². The number of ether oxygens (including phenoxy) is 2. The number of aliphatic imine (C=N–C) groups is 1. The molecule has 3 aliphatic heterocycles. The van der Waals surface area contributed by atoms with Crippen LogP contribution >= 0.6 is 0 Å². The number of nitrogens with one attached hydrogen (secondary N) is 1. The molecule has 3 aliphatic rings. The molecule has 35 heavy (non-hydrogen) atoms. The van der Waals surface area contributed by atoms with Crippen LogP contribution in [0.1, 0.15) is 32.8 Å². The zero-order chi connectivity index (χ0) is 25.2. The van der Waals surface area contributed by atoms with Gasteiger partial charge in [-0.2, -0.15) is 9.30 Å². The SMILES string of the molecule is CCCN1C2=CNN(C)C2=C(OCC)N=C1c1cc(S(=O)(=O)N2CCN(C)CC2)ccc1OCC. The molecular weight excluding hydrogens is 468 g/mol. The monoisotopic (exact) mass is 504 g/mol. The van der Waals surface area contributed by atoms with Crippen LogP contribution in [0.15, 0.2) is 51.6 Å². The van der Waals surface area contributed by atoms with E-state index in [4.69, 9.17) is 14.5 Å². The second kappa shape index (κ2) is 10.5. The highest BCUT2D eigenvalue weighted by molar-refractivity contribution is 7.89. The molecule has 10 nitrogen and oxygen atoms in total. The zero-order valence-corrected chi connectivity index (χ0v) is 22.1. The van der Waals surface area contributed by atoms with Crippen LogP contribution in [0.25, 0.3) is 0 Å².